The van der Waals surface area contributed by atoms with Crippen molar-refractivity contribution in [2.24, 2.45) is 0 Å². The summed E-state index contributed by atoms with van der Waals surface area (Å²) in [4.78, 5) is 24.3. The van der Waals surface area contributed by atoms with E-state index in [0.717, 1.165) is 0 Å². The molecular weight excluding hydrogens is 252 g/mol. The van der Waals surface area contributed by atoms with E-state index in [-0.39, 0.29) is 25.8 Å². The van der Waals surface area contributed by atoms with Gasteiger partial charge in [-0.25, -0.2) is 10.2 Å². The molecular formula is C11H18N4O4. The molecule has 0 aromatic carbocycles. The van der Waals surface area contributed by atoms with E-state index in [1.54, 1.807) is 20.8 Å². The molecule has 1 rings (SSSR count). The molecule has 2 N–H and O–H groups in total. The van der Waals surface area contributed by atoms with Crippen LogP contribution in [0.4, 0.5) is 4.79 Å². The van der Waals surface area contributed by atoms with Gasteiger partial charge in [-0.1, -0.05) is 0 Å². The largest absolute Gasteiger partial charge is 0.443 e. The highest BCUT2D eigenvalue weighted by molar-refractivity contribution is 5.79. The van der Waals surface area contributed by atoms with Gasteiger partial charge in [-0.3, -0.25) is 15.1 Å². The molecule has 1 aliphatic heterocycles. The van der Waals surface area contributed by atoms with Gasteiger partial charge in [-0.15, -0.1) is 0 Å². The van der Waals surface area contributed by atoms with Crippen LogP contribution < -0.4 is 10.9 Å². The highest BCUT2D eigenvalue weighted by Gasteiger charge is 2.29. The minimum atomic E-state index is -0.671. The van der Waals surface area contributed by atoms with E-state index in [1.165, 1.54) is 4.90 Å². The van der Waals surface area contributed by atoms with Gasteiger partial charge in [0, 0.05) is 0 Å². The quantitative estimate of drug-likeness (QED) is 0.684. The zero-order valence-electron chi connectivity index (χ0n) is 11.2. The maximum atomic E-state index is 11.7. The Morgan fingerprint density at radius 3 is 2.79 bits per heavy atom. The highest BCUT2D eigenvalue weighted by atomic mass is 16.6. The van der Waals surface area contributed by atoms with E-state index in [0.29, 0.717) is 0 Å². The van der Waals surface area contributed by atoms with Gasteiger partial charge >= 0.3 is 6.09 Å². The average molecular weight is 270 g/mol. The van der Waals surface area contributed by atoms with Gasteiger partial charge < -0.3 is 9.47 Å². The van der Waals surface area contributed by atoms with Crippen LogP contribution in [0.2, 0.25) is 0 Å². The molecule has 1 fully saturated rings. The van der Waals surface area contributed by atoms with Gasteiger partial charge in [-0.2, -0.15) is 5.26 Å². The number of nitrogens with zero attached hydrogens (tertiary/aromatic N) is 2. The van der Waals surface area contributed by atoms with E-state index >= 15 is 0 Å². The molecule has 106 valence electrons. The minimum Gasteiger partial charge on any atom is -0.443 e. The fourth-order valence-electron chi connectivity index (χ4n) is 1.39. The fraction of sp³-hybridized carbons (Fsp3) is 0.727. The molecule has 1 heterocycles. The summed E-state index contributed by atoms with van der Waals surface area (Å²) >= 11 is 0. The Labute approximate surface area is 111 Å². The van der Waals surface area contributed by atoms with Crippen LogP contribution in [0, 0.1) is 11.3 Å². The van der Waals surface area contributed by atoms with Crippen molar-refractivity contribution in [3.8, 4) is 6.07 Å². The first-order valence-corrected chi connectivity index (χ1v) is 5.82. The molecule has 2 amide bonds. The molecule has 1 aliphatic rings. The van der Waals surface area contributed by atoms with Gasteiger partial charge in [0.1, 0.15) is 18.4 Å². The number of nitrogens with one attached hydrogen (secondary N) is 2. The Kier molecular flexibility index (Phi) is 5.09. The second-order valence-corrected chi connectivity index (χ2v) is 4.99. The van der Waals surface area contributed by atoms with Gasteiger partial charge in [-0.05, 0) is 20.8 Å². The van der Waals surface area contributed by atoms with Crippen molar-refractivity contribution in [3.05, 3.63) is 0 Å². The van der Waals surface area contributed by atoms with E-state index in [9.17, 15) is 9.59 Å². The Hall–Kier alpha value is -1.85. The molecule has 0 saturated carbocycles. The minimum absolute atomic E-state index is 0.0885. The lowest BCUT2D eigenvalue weighted by Crippen LogP contribution is -2.47. The Morgan fingerprint density at radius 2 is 2.21 bits per heavy atom. The molecule has 19 heavy (non-hydrogen) atoms. The molecule has 0 aromatic heterocycles. The Balaban J connectivity index is 2.28. The summed E-state index contributed by atoms with van der Waals surface area (Å²) in [6, 6.07) is 1.39. The van der Waals surface area contributed by atoms with E-state index in [2.05, 4.69) is 10.9 Å². The second-order valence-electron chi connectivity index (χ2n) is 4.99. The molecule has 0 spiro atoms. The van der Waals surface area contributed by atoms with Crippen molar-refractivity contribution in [2.45, 2.75) is 32.4 Å². The van der Waals surface area contributed by atoms with Gasteiger partial charge in [0.15, 0.2) is 0 Å². The summed E-state index contributed by atoms with van der Waals surface area (Å²) in [5.74, 6) is -0.333. The van der Waals surface area contributed by atoms with Crippen LogP contribution in [0.15, 0.2) is 0 Å². The maximum absolute atomic E-state index is 11.7. The summed E-state index contributed by atoms with van der Waals surface area (Å²) in [5.41, 5.74) is 4.09. The summed E-state index contributed by atoms with van der Waals surface area (Å²) < 4.78 is 9.99. The topological polar surface area (TPSA) is 104 Å². The van der Waals surface area contributed by atoms with Crippen LogP contribution in [0.1, 0.15) is 20.8 Å². The second kappa shape index (κ2) is 6.36. The van der Waals surface area contributed by atoms with Crippen LogP contribution >= 0.6 is 0 Å². The third-order valence-corrected chi connectivity index (χ3v) is 2.18. The zero-order chi connectivity index (χ0) is 14.5. The monoisotopic (exact) mass is 270 g/mol. The summed E-state index contributed by atoms with van der Waals surface area (Å²) in [6.45, 7) is 5.36. The first-order chi connectivity index (χ1) is 8.83. The van der Waals surface area contributed by atoms with E-state index in [1.807, 2.05) is 6.07 Å². The lowest BCUT2D eigenvalue weighted by atomic mass is 10.2. The summed E-state index contributed by atoms with van der Waals surface area (Å²) in [6.07, 6.45) is -0.671. The average Bonchev–Trinajstić information content (AvgIpc) is 2.74. The van der Waals surface area contributed by atoms with Crippen LogP contribution in [0.5, 0.6) is 0 Å². The molecule has 0 aromatic rings. The number of amides is 2. The molecule has 1 saturated heterocycles. The highest BCUT2D eigenvalue weighted by Crippen LogP contribution is 2.08. The lowest BCUT2D eigenvalue weighted by Gasteiger charge is -2.20. The molecule has 0 bridgehead atoms. The first kappa shape index (κ1) is 15.2. The van der Waals surface area contributed by atoms with Crippen LogP contribution in [-0.2, 0) is 14.3 Å². The predicted octanol–water partition coefficient (Wildman–Crippen LogP) is -0.276. The molecule has 8 heteroatoms. The van der Waals surface area contributed by atoms with Gasteiger partial charge in [0.2, 0.25) is 5.91 Å². The van der Waals surface area contributed by atoms with Crippen molar-refractivity contribution < 1.29 is 19.1 Å². The van der Waals surface area contributed by atoms with Crippen LogP contribution in [0.3, 0.4) is 0 Å². The zero-order valence-corrected chi connectivity index (χ0v) is 11.2. The van der Waals surface area contributed by atoms with Gasteiger partial charge in [0.25, 0.3) is 0 Å². The smallest absolute Gasteiger partial charge is 0.422 e. The SMILES string of the molecule is CC(C)(C)OC(=O)NNCC(=O)N1COCC1C#N. The Morgan fingerprint density at radius 1 is 1.53 bits per heavy atom. The fourth-order valence-corrected chi connectivity index (χ4v) is 1.39. The molecule has 8 nitrogen and oxygen atoms in total. The van der Waals surface area contributed by atoms with Crippen molar-refractivity contribution in [3.63, 3.8) is 0 Å². The standard InChI is InChI=1S/C11H18N4O4/c1-11(2,3)19-10(17)14-13-5-9(16)15-7-18-6-8(15)4-12/h8,13H,5-7H2,1-3H3,(H,14,17). The van der Waals surface area contributed by atoms with Crippen molar-refractivity contribution in [1.29, 1.82) is 5.26 Å². The van der Waals surface area contributed by atoms with E-state index < -0.39 is 17.7 Å². The van der Waals surface area contributed by atoms with Crippen LogP contribution in [0.25, 0.3) is 0 Å². The van der Waals surface area contributed by atoms with Crippen LogP contribution in [-0.4, -0.2) is 48.4 Å². The van der Waals surface area contributed by atoms with Crippen molar-refractivity contribution in [2.75, 3.05) is 19.9 Å². The molecule has 1 atom stereocenters. The number of ether oxygens (including phenoxy) is 2. The normalized spacial score (nSPS) is 18.8. The number of carbonyl (C=O) groups is 2. The molecule has 0 radical (unpaired) electrons. The first-order valence-electron chi connectivity index (χ1n) is 5.82. The molecule has 1 unspecified atom stereocenters. The number of hydrogen-bond donors (Lipinski definition) is 2. The maximum Gasteiger partial charge on any atom is 0.422 e. The summed E-state index contributed by atoms with van der Waals surface area (Å²) in [7, 11) is 0. The predicted molar refractivity (Wildman–Crippen MR) is 64.4 cm³/mol. The third kappa shape index (κ3) is 5.11. The van der Waals surface area contributed by atoms with Crippen molar-refractivity contribution in [1.82, 2.24) is 15.8 Å². The Bertz CT molecular complexity index is 385. The summed E-state index contributed by atoms with van der Waals surface area (Å²) in [5, 5.41) is 8.79. The van der Waals surface area contributed by atoms with E-state index in [4.69, 9.17) is 14.7 Å². The number of hydrogen-bond acceptors (Lipinski definition) is 6. The van der Waals surface area contributed by atoms with Gasteiger partial charge in [0.05, 0.1) is 19.2 Å². The molecule has 0 aliphatic carbocycles. The number of carbonyl (C=O) groups excluding carboxylic acids is 2. The lowest BCUT2D eigenvalue weighted by molar-refractivity contribution is -0.131. The number of hydrazine groups is 1. The van der Waals surface area contributed by atoms with Crippen molar-refractivity contribution >= 4 is 12.0 Å². The number of rotatable bonds is 3. The number of nitriles is 1. The third-order valence-electron chi connectivity index (χ3n) is 2.18.